The number of rotatable bonds is 3. The highest BCUT2D eigenvalue weighted by Gasteiger charge is 2.38. The van der Waals surface area contributed by atoms with Crippen LogP contribution in [0.3, 0.4) is 0 Å². The van der Waals surface area contributed by atoms with Crippen molar-refractivity contribution in [1.82, 2.24) is 19.6 Å². The van der Waals surface area contributed by atoms with Gasteiger partial charge in [0.2, 0.25) is 0 Å². The minimum Gasteiger partial charge on any atom is -0.497 e. The van der Waals surface area contributed by atoms with Gasteiger partial charge >= 0.3 is 24.3 Å². The van der Waals surface area contributed by atoms with Crippen LogP contribution in [0.15, 0.2) is 79.5 Å². The fourth-order valence-electron chi connectivity index (χ4n) is 3.35. The van der Waals surface area contributed by atoms with Gasteiger partial charge in [0.05, 0.1) is 13.3 Å². The van der Waals surface area contributed by atoms with Gasteiger partial charge in [0.1, 0.15) is 5.75 Å². The second-order valence-corrected chi connectivity index (χ2v) is 7.91. The molecule has 0 saturated heterocycles. The Morgan fingerprint density at radius 2 is 1.41 bits per heavy atom. The molecular weight excluding hydrogens is 562 g/mol. The molecule has 0 bridgehead atoms. The van der Waals surface area contributed by atoms with Gasteiger partial charge in [-0.25, -0.2) is 19.1 Å². The summed E-state index contributed by atoms with van der Waals surface area (Å²) in [7, 11) is 1.66. The van der Waals surface area contributed by atoms with Crippen molar-refractivity contribution in [3.8, 4) is 28.0 Å². The summed E-state index contributed by atoms with van der Waals surface area (Å²) in [6.45, 7) is 0. The molecular formula is C26H18F6N4O5. The van der Waals surface area contributed by atoms with Crippen LogP contribution in [0.1, 0.15) is 0 Å². The van der Waals surface area contributed by atoms with Crippen molar-refractivity contribution in [2.45, 2.75) is 12.4 Å². The number of hydrogen-bond acceptors (Lipinski definition) is 6. The molecule has 2 N–H and O–H groups in total. The predicted octanol–water partition coefficient (Wildman–Crippen LogP) is 5.89. The second kappa shape index (κ2) is 12.3. The normalized spacial score (nSPS) is 11.2. The van der Waals surface area contributed by atoms with E-state index in [-0.39, 0.29) is 0 Å². The number of fused-ring (bicyclic) bond motifs is 2. The average Bonchev–Trinajstić information content (AvgIpc) is 3.35. The zero-order chi connectivity index (χ0) is 30.4. The minimum absolute atomic E-state index is 0.830. The third kappa shape index (κ3) is 7.68. The summed E-state index contributed by atoms with van der Waals surface area (Å²) in [6, 6.07) is 16.1. The first-order valence-corrected chi connectivity index (χ1v) is 11.1. The van der Waals surface area contributed by atoms with Crippen molar-refractivity contribution in [3.63, 3.8) is 0 Å². The Balaban J connectivity index is 0.000000276. The van der Waals surface area contributed by atoms with Crippen LogP contribution in [0, 0.1) is 0 Å². The quantitative estimate of drug-likeness (QED) is 0.253. The van der Waals surface area contributed by atoms with Gasteiger partial charge in [0.15, 0.2) is 5.65 Å². The number of halogens is 6. The lowest BCUT2D eigenvalue weighted by Crippen LogP contribution is -2.21. The van der Waals surface area contributed by atoms with E-state index in [4.69, 9.17) is 29.5 Å². The summed E-state index contributed by atoms with van der Waals surface area (Å²) < 4.78 is 70.5. The van der Waals surface area contributed by atoms with E-state index in [1.54, 1.807) is 7.11 Å². The Morgan fingerprint density at radius 3 is 1.98 bits per heavy atom. The van der Waals surface area contributed by atoms with Crippen LogP contribution in [-0.2, 0) is 9.59 Å². The maximum Gasteiger partial charge on any atom is 0.490 e. The molecule has 0 unspecified atom stereocenters. The Morgan fingerprint density at radius 1 is 0.805 bits per heavy atom. The van der Waals surface area contributed by atoms with E-state index in [1.165, 1.54) is 0 Å². The lowest BCUT2D eigenvalue weighted by atomic mass is 10.0. The summed E-state index contributed by atoms with van der Waals surface area (Å²) in [5, 5.41) is 21.0. The monoisotopic (exact) mass is 580 g/mol. The lowest BCUT2D eigenvalue weighted by molar-refractivity contribution is -0.193. The molecule has 0 saturated carbocycles. The number of ether oxygens (including phenoxy) is 1. The number of carboxylic acids is 2. The molecule has 0 radical (unpaired) electrons. The Kier molecular flexibility index (Phi) is 9.11. The van der Waals surface area contributed by atoms with Crippen molar-refractivity contribution < 1.29 is 50.9 Å². The molecule has 41 heavy (non-hydrogen) atoms. The Bertz CT molecular complexity index is 1640. The van der Waals surface area contributed by atoms with Gasteiger partial charge in [-0.15, -0.1) is 0 Å². The number of aliphatic carboxylic acids is 2. The molecule has 0 spiro atoms. The summed E-state index contributed by atoms with van der Waals surface area (Å²) in [5.74, 6) is -4.68. The number of nitrogens with zero attached hydrogens (tertiary/aromatic N) is 4. The highest BCUT2D eigenvalue weighted by atomic mass is 19.4. The molecule has 0 amide bonds. The highest BCUT2D eigenvalue weighted by Crippen LogP contribution is 2.31. The number of hydrogen-bond donors (Lipinski definition) is 2. The smallest absolute Gasteiger partial charge is 0.490 e. The van der Waals surface area contributed by atoms with Crippen LogP contribution in [0.4, 0.5) is 26.3 Å². The molecule has 0 aliphatic heterocycles. The number of aromatic nitrogens is 4. The molecule has 9 nitrogen and oxygen atoms in total. The van der Waals surface area contributed by atoms with Crippen molar-refractivity contribution in [2.75, 3.05) is 7.11 Å². The van der Waals surface area contributed by atoms with E-state index >= 15 is 0 Å². The first-order chi connectivity index (χ1) is 19.2. The topological polar surface area (TPSA) is 127 Å². The fourth-order valence-corrected chi connectivity index (χ4v) is 3.35. The summed E-state index contributed by atoms with van der Waals surface area (Å²) in [6.07, 6.45) is -0.725. The molecule has 15 heteroatoms. The molecule has 3 aromatic heterocycles. The van der Waals surface area contributed by atoms with Crippen LogP contribution >= 0.6 is 0 Å². The first kappa shape index (κ1) is 30.3. The number of carboxylic acid groups (broad SMARTS) is 2. The van der Waals surface area contributed by atoms with Gasteiger partial charge < -0.3 is 14.9 Å². The Hall–Kier alpha value is -5.21. The number of methoxy groups -OCH3 is 1. The Labute approximate surface area is 226 Å². The van der Waals surface area contributed by atoms with E-state index in [1.807, 2.05) is 71.9 Å². The second-order valence-electron chi connectivity index (χ2n) is 7.91. The van der Waals surface area contributed by atoms with E-state index in [2.05, 4.69) is 22.2 Å². The van der Waals surface area contributed by atoms with Crippen molar-refractivity contribution in [2.24, 2.45) is 0 Å². The molecule has 0 aliphatic carbocycles. The molecule has 214 valence electrons. The van der Waals surface area contributed by atoms with Gasteiger partial charge in [-0.1, -0.05) is 30.3 Å². The molecule has 0 aliphatic rings. The third-order valence-corrected chi connectivity index (χ3v) is 5.24. The molecule has 0 fully saturated rings. The van der Waals surface area contributed by atoms with Crippen LogP contribution < -0.4 is 4.74 Å². The summed E-state index contributed by atoms with van der Waals surface area (Å²) >= 11 is 0. The maximum absolute atomic E-state index is 10.6. The van der Waals surface area contributed by atoms with Crippen LogP contribution in [-0.4, -0.2) is 61.2 Å². The van der Waals surface area contributed by atoms with Gasteiger partial charge in [-0.2, -0.15) is 31.4 Å². The largest absolute Gasteiger partial charge is 0.497 e. The number of pyridine rings is 1. The molecule has 5 rings (SSSR count). The van der Waals surface area contributed by atoms with Crippen LogP contribution in [0.5, 0.6) is 5.75 Å². The lowest BCUT2D eigenvalue weighted by Gasteiger charge is -2.06. The maximum atomic E-state index is 10.6. The van der Waals surface area contributed by atoms with Crippen LogP contribution in [0.25, 0.3) is 38.7 Å². The molecule has 2 aromatic carbocycles. The SMILES string of the molecule is COc1ccc(-c2cnc3c(-c4cccc5cnccc45)cnn3c2)cc1.O=C(O)C(F)(F)F.O=C(O)C(F)(F)F. The van der Waals surface area contributed by atoms with E-state index in [0.717, 1.165) is 44.4 Å². The third-order valence-electron chi connectivity index (χ3n) is 5.24. The molecule has 5 aromatic rings. The predicted molar refractivity (Wildman–Crippen MR) is 133 cm³/mol. The van der Waals surface area contributed by atoms with Crippen LogP contribution in [0.2, 0.25) is 0 Å². The van der Waals surface area contributed by atoms with Gasteiger partial charge in [-0.3, -0.25) is 4.98 Å². The van der Waals surface area contributed by atoms with Crippen molar-refractivity contribution in [1.29, 1.82) is 0 Å². The van der Waals surface area contributed by atoms with E-state index in [0.29, 0.717) is 0 Å². The zero-order valence-corrected chi connectivity index (χ0v) is 20.7. The molecule has 3 heterocycles. The zero-order valence-electron chi connectivity index (χ0n) is 20.7. The van der Waals surface area contributed by atoms with Crippen molar-refractivity contribution in [3.05, 3.63) is 79.5 Å². The van der Waals surface area contributed by atoms with Gasteiger partial charge in [0, 0.05) is 41.3 Å². The average molecular weight is 580 g/mol. The van der Waals surface area contributed by atoms with E-state index < -0.39 is 24.3 Å². The summed E-state index contributed by atoms with van der Waals surface area (Å²) in [4.78, 5) is 26.7. The minimum atomic E-state index is -5.08. The number of carbonyl (C=O) groups is 2. The number of benzene rings is 2. The highest BCUT2D eigenvalue weighted by molar-refractivity contribution is 5.99. The molecule has 0 atom stereocenters. The fraction of sp³-hybridized carbons (Fsp3) is 0.115. The van der Waals surface area contributed by atoms with Gasteiger partial charge in [0.25, 0.3) is 0 Å². The standard InChI is InChI=1S/C22H16N4O.2C2HF3O2/c1-27-18-7-5-15(6-8-18)17-12-24-22-21(13-25-26(22)14-17)20-4-2-3-16-11-23-10-9-19(16)20;2*3-2(4,5)1(6)7/h2-14H,1H3;2*(H,6,7). The first-order valence-electron chi connectivity index (χ1n) is 11.1. The van der Waals surface area contributed by atoms with Crippen molar-refractivity contribution >= 4 is 28.4 Å². The van der Waals surface area contributed by atoms with Gasteiger partial charge in [-0.05, 0) is 34.7 Å². The van der Waals surface area contributed by atoms with E-state index in [9.17, 15) is 26.3 Å². The number of alkyl halides is 6. The summed E-state index contributed by atoms with van der Waals surface area (Å²) in [5.41, 5.74) is 5.01.